The molecule has 2 aromatic carbocycles. The van der Waals surface area contributed by atoms with Crippen LogP contribution in [0.2, 0.25) is 0 Å². The molecule has 0 bridgehead atoms. The maximum absolute atomic E-state index is 12.1. The fraction of sp³-hybridized carbons (Fsp3) is 0.300. The van der Waals surface area contributed by atoms with Crippen LogP contribution in [0.25, 0.3) is 0 Å². The van der Waals surface area contributed by atoms with Gasteiger partial charge in [-0.2, -0.15) is 0 Å². The van der Waals surface area contributed by atoms with Crippen molar-refractivity contribution in [3.63, 3.8) is 0 Å². The molecule has 2 amide bonds. The second-order valence-electron chi connectivity index (χ2n) is 6.20. The molecule has 2 aromatic rings. The summed E-state index contributed by atoms with van der Waals surface area (Å²) in [6.45, 7) is 5.10. The first-order valence-corrected chi connectivity index (χ1v) is 8.70. The number of hydrogen-bond acceptors (Lipinski definition) is 4. The van der Waals surface area contributed by atoms with Crippen LogP contribution >= 0.6 is 0 Å². The molecule has 1 aliphatic rings. The Morgan fingerprint density at radius 1 is 1.08 bits per heavy atom. The van der Waals surface area contributed by atoms with Crippen LogP contribution in [-0.4, -0.2) is 44.7 Å². The first kappa shape index (κ1) is 17.9. The monoisotopic (exact) mass is 353 g/mol. The van der Waals surface area contributed by atoms with E-state index in [2.05, 4.69) is 21.6 Å². The van der Waals surface area contributed by atoms with Crippen molar-refractivity contribution in [3.05, 3.63) is 59.7 Å². The summed E-state index contributed by atoms with van der Waals surface area (Å²) in [6, 6.07) is 14.8. The number of ether oxygens (including phenoxy) is 1. The molecule has 6 nitrogen and oxygen atoms in total. The van der Waals surface area contributed by atoms with Gasteiger partial charge in [-0.1, -0.05) is 18.2 Å². The zero-order valence-electron chi connectivity index (χ0n) is 14.8. The quantitative estimate of drug-likeness (QED) is 0.865. The second-order valence-corrected chi connectivity index (χ2v) is 6.20. The predicted octanol–water partition coefficient (Wildman–Crippen LogP) is 2.20. The molecule has 6 heteroatoms. The minimum Gasteiger partial charge on any atom is -0.378 e. The van der Waals surface area contributed by atoms with Gasteiger partial charge in [-0.15, -0.1) is 0 Å². The molecule has 1 heterocycles. The molecule has 0 atom stereocenters. The van der Waals surface area contributed by atoms with E-state index in [9.17, 15) is 9.59 Å². The summed E-state index contributed by atoms with van der Waals surface area (Å²) in [6.07, 6.45) is 0. The van der Waals surface area contributed by atoms with E-state index in [-0.39, 0.29) is 18.4 Å². The van der Waals surface area contributed by atoms with Gasteiger partial charge < -0.3 is 20.3 Å². The van der Waals surface area contributed by atoms with Gasteiger partial charge >= 0.3 is 0 Å². The second kappa shape index (κ2) is 8.49. The van der Waals surface area contributed by atoms with Gasteiger partial charge in [-0.3, -0.25) is 9.59 Å². The summed E-state index contributed by atoms with van der Waals surface area (Å²) in [7, 11) is 0. The summed E-state index contributed by atoms with van der Waals surface area (Å²) >= 11 is 0. The Balaban J connectivity index is 1.54. The molecule has 0 unspecified atom stereocenters. The maximum Gasteiger partial charge on any atom is 0.251 e. The lowest BCUT2D eigenvalue weighted by Crippen LogP contribution is -2.36. The van der Waals surface area contributed by atoms with Crippen LogP contribution in [0.1, 0.15) is 15.9 Å². The van der Waals surface area contributed by atoms with Crippen molar-refractivity contribution in [3.8, 4) is 0 Å². The third kappa shape index (κ3) is 4.61. The van der Waals surface area contributed by atoms with E-state index >= 15 is 0 Å². The number of carbonyl (C=O) groups is 2. The number of nitrogens with one attached hydrogen (secondary N) is 2. The van der Waals surface area contributed by atoms with Crippen LogP contribution in [0.3, 0.4) is 0 Å². The van der Waals surface area contributed by atoms with Crippen molar-refractivity contribution in [2.75, 3.05) is 43.1 Å². The van der Waals surface area contributed by atoms with Gasteiger partial charge in [0.2, 0.25) is 5.91 Å². The number of nitrogens with zero attached hydrogens (tertiary/aromatic N) is 1. The molecule has 3 rings (SSSR count). The summed E-state index contributed by atoms with van der Waals surface area (Å²) in [5, 5.41) is 5.48. The van der Waals surface area contributed by atoms with E-state index in [0.29, 0.717) is 5.56 Å². The molecule has 1 aliphatic heterocycles. The number of hydrogen-bond donors (Lipinski definition) is 2. The Morgan fingerprint density at radius 2 is 1.81 bits per heavy atom. The SMILES string of the molecule is Cc1cc(N2CCOCC2)ccc1NC(=O)CNC(=O)c1ccccc1. The highest BCUT2D eigenvalue weighted by Crippen LogP contribution is 2.23. The van der Waals surface area contributed by atoms with E-state index in [1.807, 2.05) is 25.1 Å². The lowest BCUT2D eigenvalue weighted by molar-refractivity contribution is -0.115. The fourth-order valence-electron chi connectivity index (χ4n) is 2.85. The Labute approximate surface area is 153 Å². The Morgan fingerprint density at radius 3 is 2.50 bits per heavy atom. The maximum atomic E-state index is 12.1. The van der Waals surface area contributed by atoms with Crippen LogP contribution in [-0.2, 0) is 9.53 Å². The van der Waals surface area contributed by atoms with Crippen LogP contribution in [0.5, 0.6) is 0 Å². The average Bonchev–Trinajstić information content (AvgIpc) is 2.69. The number of rotatable bonds is 5. The first-order valence-electron chi connectivity index (χ1n) is 8.70. The van der Waals surface area contributed by atoms with Gasteiger partial charge in [0.05, 0.1) is 19.8 Å². The molecule has 0 radical (unpaired) electrons. The highest BCUT2D eigenvalue weighted by atomic mass is 16.5. The normalized spacial score (nSPS) is 14.0. The van der Waals surface area contributed by atoms with Crippen LogP contribution in [0.4, 0.5) is 11.4 Å². The highest BCUT2D eigenvalue weighted by Gasteiger charge is 2.13. The van der Waals surface area contributed by atoms with Gasteiger partial charge in [-0.05, 0) is 42.8 Å². The number of amides is 2. The lowest BCUT2D eigenvalue weighted by atomic mass is 10.1. The zero-order chi connectivity index (χ0) is 18.4. The van der Waals surface area contributed by atoms with E-state index in [0.717, 1.165) is 43.2 Å². The fourth-order valence-corrected chi connectivity index (χ4v) is 2.85. The average molecular weight is 353 g/mol. The van der Waals surface area contributed by atoms with Gasteiger partial charge in [-0.25, -0.2) is 0 Å². The van der Waals surface area contributed by atoms with Gasteiger partial charge in [0.25, 0.3) is 5.91 Å². The minimum atomic E-state index is -0.264. The molecule has 26 heavy (non-hydrogen) atoms. The molecule has 0 aromatic heterocycles. The van der Waals surface area contributed by atoms with Gasteiger partial charge in [0.1, 0.15) is 0 Å². The Bertz CT molecular complexity index is 771. The molecule has 0 spiro atoms. The van der Waals surface area contributed by atoms with Crippen molar-refractivity contribution in [2.45, 2.75) is 6.92 Å². The predicted molar refractivity (Wildman–Crippen MR) is 102 cm³/mol. The van der Waals surface area contributed by atoms with Gasteiger partial charge in [0, 0.05) is 30.0 Å². The standard InChI is InChI=1S/C20H23N3O3/c1-15-13-17(23-9-11-26-12-10-23)7-8-18(15)22-19(24)14-21-20(25)16-5-3-2-4-6-16/h2-8,13H,9-12,14H2,1H3,(H,21,25)(H,22,24). The molecular formula is C20H23N3O3. The van der Waals surface area contributed by atoms with Crippen molar-refractivity contribution >= 4 is 23.2 Å². The third-order valence-corrected chi connectivity index (χ3v) is 4.31. The number of aryl methyl sites for hydroxylation is 1. The number of carbonyl (C=O) groups excluding carboxylic acids is 2. The molecule has 0 aliphatic carbocycles. The van der Waals surface area contributed by atoms with Crippen molar-refractivity contribution in [2.24, 2.45) is 0 Å². The summed E-state index contributed by atoms with van der Waals surface area (Å²) in [5.41, 5.74) is 3.39. The third-order valence-electron chi connectivity index (χ3n) is 4.31. The number of benzene rings is 2. The topological polar surface area (TPSA) is 70.7 Å². The lowest BCUT2D eigenvalue weighted by Gasteiger charge is -2.29. The van der Waals surface area contributed by atoms with Crippen LogP contribution in [0, 0.1) is 6.92 Å². The summed E-state index contributed by atoms with van der Waals surface area (Å²) in [4.78, 5) is 26.4. The smallest absolute Gasteiger partial charge is 0.251 e. The van der Waals surface area contributed by atoms with Crippen molar-refractivity contribution in [1.82, 2.24) is 5.32 Å². The van der Waals surface area contributed by atoms with Gasteiger partial charge in [0.15, 0.2) is 0 Å². The largest absolute Gasteiger partial charge is 0.378 e. The van der Waals surface area contributed by atoms with E-state index < -0.39 is 0 Å². The van der Waals surface area contributed by atoms with E-state index in [4.69, 9.17) is 4.74 Å². The van der Waals surface area contributed by atoms with E-state index in [1.165, 1.54) is 0 Å². The molecular weight excluding hydrogens is 330 g/mol. The molecule has 136 valence electrons. The highest BCUT2D eigenvalue weighted by molar-refractivity contribution is 5.99. The van der Waals surface area contributed by atoms with Crippen molar-refractivity contribution < 1.29 is 14.3 Å². The molecule has 0 saturated carbocycles. The molecule has 1 fully saturated rings. The van der Waals surface area contributed by atoms with E-state index in [1.54, 1.807) is 24.3 Å². The van der Waals surface area contributed by atoms with Crippen molar-refractivity contribution in [1.29, 1.82) is 0 Å². The first-order chi connectivity index (χ1) is 12.6. The minimum absolute atomic E-state index is 0.0710. The summed E-state index contributed by atoms with van der Waals surface area (Å²) in [5.74, 6) is -0.517. The Hall–Kier alpha value is -2.86. The molecule has 1 saturated heterocycles. The number of anilines is 2. The molecule has 2 N–H and O–H groups in total. The number of morpholine rings is 1. The summed E-state index contributed by atoms with van der Waals surface area (Å²) < 4.78 is 5.37. The Kier molecular flexibility index (Phi) is 5.86. The van der Waals surface area contributed by atoms with Crippen LogP contribution < -0.4 is 15.5 Å². The van der Waals surface area contributed by atoms with Crippen LogP contribution in [0.15, 0.2) is 48.5 Å². The zero-order valence-corrected chi connectivity index (χ0v) is 14.8.